The maximum absolute atomic E-state index is 12.1. The smallest absolute Gasteiger partial charge is 0.241 e. The highest BCUT2D eigenvalue weighted by molar-refractivity contribution is 5.82. The van der Waals surface area contributed by atoms with Crippen LogP contribution < -0.4 is 11.1 Å². The summed E-state index contributed by atoms with van der Waals surface area (Å²) in [5, 5.41) is 11.2. The zero-order chi connectivity index (χ0) is 14.9. The molecule has 2 rings (SSSR count). The van der Waals surface area contributed by atoms with E-state index >= 15 is 0 Å². The second-order valence-electron chi connectivity index (χ2n) is 4.92. The molecule has 2 aromatic heterocycles. The van der Waals surface area contributed by atoms with Gasteiger partial charge in [-0.1, -0.05) is 0 Å². The molecule has 3 N–H and O–H groups in total. The van der Waals surface area contributed by atoms with Crippen LogP contribution in [0.3, 0.4) is 0 Å². The van der Waals surface area contributed by atoms with Crippen LogP contribution in [0.5, 0.6) is 0 Å². The molecule has 0 radical (unpaired) electrons. The van der Waals surface area contributed by atoms with Crippen molar-refractivity contribution in [1.29, 1.82) is 0 Å². The minimum absolute atomic E-state index is 0.222. The fourth-order valence-corrected chi connectivity index (χ4v) is 2.11. The molecule has 0 aliphatic rings. The summed E-state index contributed by atoms with van der Waals surface area (Å²) in [5.41, 5.74) is 9.59. The van der Waals surface area contributed by atoms with Crippen LogP contribution in [0.15, 0.2) is 12.4 Å². The van der Waals surface area contributed by atoms with E-state index in [2.05, 4.69) is 15.5 Å². The van der Waals surface area contributed by atoms with Crippen LogP contribution in [0, 0.1) is 13.8 Å². The Morgan fingerprint density at radius 1 is 1.45 bits per heavy atom. The lowest BCUT2D eigenvalue weighted by Gasteiger charge is -2.10. The van der Waals surface area contributed by atoms with Gasteiger partial charge in [0.05, 0.1) is 11.9 Å². The van der Waals surface area contributed by atoms with Crippen LogP contribution in [-0.2, 0) is 25.4 Å². The second kappa shape index (κ2) is 5.46. The number of hydrogen-bond donors (Lipinski definition) is 2. The summed E-state index contributed by atoms with van der Waals surface area (Å²) in [6.45, 7) is 4.33. The molecular weight excluding hydrogens is 256 g/mol. The molecule has 0 aromatic carbocycles. The lowest BCUT2D eigenvalue weighted by molar-refractivity contribution is -0.122. The molecule has 7 heteroatoms. The molecule has 2 heterocycles. The number of hydrogen-bond acceptors (Lipinski definition) is 4. The third-order valence-corrected chi connectivity index (χ3v) is 3.46. The summed E-state index contributed by atoms with van der Waals surface area (Å²) in [7, 11) is 3.67. The molecule has 1 atom stereocenters. The quantitative estimate of drug-likeness (QED) is 0.828. The highest BCUT2D eigenvalue weighted by atomic mass is 16.2. The predicted molar refractivity (Wildman–Crippen MR) is 74.7 cm³/mol. The zero-order valence-electron chi connectivity index (χ0n) is 12.2. The van der Waals surface area contributed by atoms with Crippen LogP contribution in [0.4, 0.5) is 0 Å². The highest BCUT2D eigenvalue weighted by Gasteiger charge is 2.18. The van der Waals surface area contributed by atoms with Gasteiger partial charge < -0.3 is 11.1 Å². The van der Waals surface area contributed by atoms with E-state index in [-0.39, 0.29) is 5.91 Å². The van der Waals surface area contributed by atoms with Crippen molar-refractivity contribution in [2.24, 2.45) is 19.8 Å². The largest absolute Gasteiger partial charge is 0.350 e. The number of nitrogens with zero attached hydrogens (tertiary/aromatic N) is 4. The third-order valence-electron chi connectivity index (χ3n) is 3.46. The van der Waals surface area contributed by atoms with Gasteiger partial charge in [-0.3, -0.25) is 14.2 Å². The summed E-state index contributed by atoms with van der Waals surface area (Å²) in [5.74, 6) is -0.222. The summed E-state index contributed by atoms with van der Waals surface area (Å²) >= 11 is 0. The van der Waals surface area contributed by atoms with E-state index in [0.717, 1.165) is 17.0 Å². The van der Waals surface area contributed by atoms with Crippen molar-refractivity contribution in [3.63, 3.8) is 0 Å². The molecular formula is C13H20N6O. The Morgan fingerprint density at radius 3 is 2.65 bits per heavy atom. The normalized spacial score (nSPS) is 12.4. The Hall–Kier alpha value is -2.15. The van der Waals surface area contributed by atoms with E-state index in [0.29, 0.717) is 12.1 Å². The summed E-state index contributed by atoms with van der Waals surface area (Å²) < 4.78 is 3.43. The van der Waals surface area contributed by atoms with Gasteiger partial charge in [-0.05, 0) is 13.8 Å². The first-order valence-corrected chi connectivity index (χ1v) is 6.41. The van der Waals surface area contributed by atoms with Crippen molar-refractivity contribution >= 4 is 5.91 Å². The minimum atomic E-state index is -0.707. The Bertz CT molecular complexity index is 627. The Balaban J connectivity index is 2.02. The van der Waals surface area contributed by atoms with Crippen LogP contribution in [0.25, 0.3) is 0 Å². The van der Waals surface area contributed by atoms with Gasteiger partial charge in [0.2, 0.25) is 5.91 Å². The van der Waals surface area contributed by atoms with Crippen molar-refractivity contribution in [3.05, 3.63) is 34.9 Å². The number of amides is 1. The van der Waals surface area contributed by atoms with Gasteiger partial charge in [-0.2, -0.15) is 10.2 Å². The van der Waals surface area contributed by atoms with Crippen molar-refractivity contribution in [1.82, 2.24) is 24.9 Å². The first-order chi connectivity index (χ1) is 9.40. The maximum atomic E-state index is 12.1. The first-order valence-electron chi connectivity index (χ1n) is 6.41. The van der Waals surface area contributed by atoms with Crippen molar-refractivity contribution in [3.8, 4) is 0 Å². The molecule has 2 aromatic rings. The molecule has 0 saturated carbocycles. The molecule has 7 nitrogen and oxygen atoms in total. The second-order valence-corrected chi connectivity index (χ2v) is 4.92. The van der Waals surface area contributed by atoms with Gasteiger partial charge in [0.1, 0.15) is 6.04 Å². The number of nitrogens with two attached hydrogens (primary N) is 1. The molecule has 0 bridgehead atoms. The third kappa shape index (κ3) is 2.72. The summed E-state index contributed by atoms with van der Waals surface area (Å²) in [6.07, 6.45) is 3.34. The minimum Gasteiger partial charge on any atom is -0.350 e. The standard InChI is InChI=1S/C13H20N6O/c1-8-11(9(2)19(4)17-8)6-15-13(20)12(14)10-5-16-18(3)7-10/h5,7,12H,6,14H2,1-4H3,(H,15,20). The van der Waals surface area contributed by atoms with E-state index in [1.165, 1.54) is 0 Å². The topological polar surface area (TPSA) is 90.8 Å². The number of aromatic nitrogens is 4. The summed E-state index contributed by atoms with van der Waals surface area (Å²) in [6, 6.07) is -0.707. The van der Waals surface area contributed by atoms with Crippen molar-refractivity contribution < 1.29 is 4.79 Å². The van der Waals surface area contributed by atoms with E-state index < -0.39 is 6.04 Å². The zero-order valence-corrected chi connectivity index (χ0v) is 12.2. The van der Waals surface area contributed by atoms with E-state index in [4.69, 9.17) is 5.73 Å². The molecule has 20 heavy (non-hydrogen) atoms. The average molecular weight is 276 g/mol. The van der Waals surface area contributed by atoms with Gasteiger partial charge in [0, 0.05) is 43.7 Å². The van der Waals surface area contributed by atoms with Crippen LogP contribution in [0.1, 0.15) is 28.6 Å². The summed E-state index contributed by atoms with van der Waals surface area (Å²) in [4.78, 5) is 12.1. The van der Waals surface area contributed by atoms with E-state index in [9.17, 15) is 4.79 Å². The predicted octanol–water partition coefficient (Wildman–Crippen LogP) is 0.0866. The van der Waals surface area contributed by atoms with Crippen LogP contribution in [-0.4, -0.2) is 25.5 Å². The van der Waals surface area contributed by atoms with Crippen molar-refractivity contribution in [2.45, 2.75) is 26.4 Å². The fourth-order valence-electron chi connectivity index (χ4n) is 2.11. The number of aryl methyl sites for hydroxylation is 3. The van der Waals surface area contributed by atoms with Gasteiger partial charge in [0.15, 0.2) is 0 Å². The molecule has 0 fully saturated rings. The molecule has 0 aliphatic carbocycles. The highest BCUT2D eigenvalue weighted by Crippen LogP contribution is 2.13. The van der Waals surface area contributed by atoms with Gasteiger partial charge in [-0.25, -0.2) is 0 Å². The van der Waals surface area contributed by atoms with Gasteiger partial charge in [0.25, 0.3) is 0 Å². The Labute approximate surface area is 117 Å². The molecule has 1 unspecified atom stereocenters. The molecule has 1 amide bonds. The van der Waals surface area contributed by atoms with Crippen LogP contribution in [0.2, 0.25) is 0 Å². The lowest BCUT2D eigenvalue weighted by Crippen LogP contribution is -2.33. The average Bonchev–Trinajstić information content (AvgIpc) is 2.92. The number of carbonyl (C=O) groups is 1. The van der Waals surface area contributed by atoms with Gasteiger partial charge >= 0.3 is 0 Å². The van der Waals surface area contributed by atoms with Gasteiger partial charge in [-0.15, -0.1) is 0 Å². The van der Waals surface area contributed by atoms with Crippen LogP contribution >= 0.6 is 0 Å². The monoisotopic (exact) mass is 276 g/mol. The Kier molecular flexibility index (Phi) is 3.89. The first kappa shape index (κ1) is 14.3. The Morgan fingerprint density at radius 2 is 2.15 bits per heavy atom. The lowest BCUT2D eigenvalue weighted by atomic mass is 10.1. The number of carbonyl (C=O) groups excluding carboxylic acids is 1. The fraction of sp³-hybridized carbons (Fsp3) is 0.462. The molecule has 0 spiro atoms. The van der Waals surface area contributed by atoms with E-state index in [1.807, 2.05) is 20.9 Å². The molecule has 108 valence electrons. The number of rotatable bonds is 4. The maximum Gasteiger partial charge on any atom is 0.241 e. The molecule has 0 aliphatic heterocycles. The molecule has 0 saturated heterocycles. The SMILES string of the molecule is Cc1nn(C)c(C)c1CNC(=O)C(N)c1cnn(C)c1. The van der Waals surface area contributed by atoms with E-state index in [1.54, 1.807) is 28.8 Å². The number of nitrogens with one attached hydrogen (secondary N) is 1. The van der Waals surface area contributed by atoms with Crippen molar-refractivity contribution in [2.75, 3.05) is 0 Å².